The number of benzene rings is 1. The molecule has 0 spiro atoms. The van der Waals surface area contributed by atoms with Gasteiger partial charge < -0.3 is 19.3 Å². The average Bonchev–Trinajstić information content (AvgIpc) is 2.71. The van der Waals surface area contributed by atoms with Gasteiger partial charge in [0.05, 0.1) is 13.0 Å². The average molecular weight is 433 g/mol. The van der Waals surface area contributed by atoms with Gasteiger partial charge in [0.25, 0.3) is 0 Å². The second kappa shape index (κ2) is 10.7. The predicted molar refractivity (Wildman–Crippen MR) is 112 cm³/mol. The van der Waals surface area contributed by atoms with Crippen LogP contribution in [0.4, 0.5) is 4.39 Å². The Hall–Kier alpha value is -3.16. The number of hydrogen-bond acceptors (Lipinski definition) is 7. The van der Waals surface area contributed by atoms with Crippen molar-refractivity contribution in [3.05, 3.63) is 48.0 Å². The van der Waals surface area contributed by atoms with E-state index in [1.54, 1.807) is 19.9 Å². The van der Waals surface area contributed by atoms with Crippen molar-refractivity contribution in [3.8, 4) is 17.2 Å². The second-order valence-electron chi connectivity index (χ2n) is 7.66. The Kier molecular flexibility index (Phi) is 8.36. The van der Waals surface area contributed by atoms with Crippen LogP contribution < -0.4 is 9.47 Å². The molecule has 1 aromatic heterocycles. The van der Waals surface area contributed by atoms with Crippen molar-refractivity contribution in [2.45, 2.75) is 46.3 Å². The van der Waals surface area contributed by atoms with E-state index in [1.165, 1.54) is 37.6 Å². The Morgan fingerprint density at radius 2 is 1.87 bits per heavy atom. The van der Waals surface area contributed by atoms with E-state index >= 15 is 0 Å². The van der Waals surface area contributed by atoms with Gasteiger partial charge in [0, 0.05) is 24.8 Å². The minimum atomic E-state index is -0.775. The topological polar surface area (TPSA) is 95.0 Å². The number of ether oxygens (including phenoxy) is 3. The number of ketones is 1. The fourth-order valence-corrected chi connectivity index (χ4v) is 3.11. The summed E-state index contributed by atoms with van der Waals surface area (Å²) < 4.78 is 29.8. The molecule has 0 saturated carbocycles. The number of methoxy groups -OCH3 is 1. The van der Waals surface area contributed by atoms with Gasteiger partial charge in [-0.05, 0) is 25.0 Å². The van der Waals surface area contributed by atoms with Gasteiger partial charge in [0.2, 0.25) is 0 Å². The number of aromatic nitrogens is 1. The summed E-state index contributed by atoms with van der Waals surface area (Å²) in [7, 11) is 1.36. The first-order chi connectivity index (χ1) is 14.6. The molecule has 0 fully saturated rings. The standard InChI is InChI=1S/C23H28FNO6/c1-13(2)22(15(4)30-17-8-6-7-16(24)12-17)31-23(28)14(3)11-18(26)20-21(27)19(29-5)9-10-25-20/h6-10,12-15,22,27H,11H2,1-5H3/t14-,15+,22-/m1/s1. The number of hydrogen-bond donors (Lipinski definition) is 1. The first-order valence-electron chi connectivity index (χ1n) is 10.0. The first kappa shape index (κ1) is 24.1. The van der Waals surface area contributed by atoms with E-state index in [9.17, 15) is 19.1 Å². The summed E-state index contributed by atoms with van der Waals surface area (Å²) in [4.78, 5) is 29.1. The summed E-state index contributed by atoms with van der Waals surface area (Å²) in [6, 6.07) is 7.14. The first-order valence-corrected chi connectivity index (χ1v) is 10.0. The molecule has 0 radical (unpaired) electrons. The lowest BCUT2D eigenvalue weighted by atomic mass is 10.00. The molecule has 1 N–H and O–H groups in total. The van der Waals surface area contributed by atoms with Crippen molar-refractivity contribution in [1.82, 2.24) is 4.98 Å². The molecule has 2 aromatic rings. The van der Waals surface area contributed by atoms with E-state index in [0.29, 0.717) is 5.75 Å². The van der Waals surface area contributed by atoms with Gasteiger partial charge in [-0.2, -0.15) is 0 Å². The van der Waals surface area contributed by atoms with Crippen molar-refractivity contribution in [2.24, 2.45) is 11.8 Å². The highest BCUT2D eigenvalue weighted by Crippen LogP contribution is 2.29. The Morgan fingerprint density at radius 3 is 2.48 bits per heavy atom. The summed E-state index contributed by atoms with van der Waals surface area (Å²) in [5.41, 5.74) is -0.165. The number of aromatic hydroxyl groups is 1. The van der Waals surface area contributed by atoms with Gasteiger partial charge in [-0.15, -0.1) is 0 Å². The maximum absolute atomic E-state index is 13.4. The van der Waals surface area contributed by atoms with Crippen molar-refractivity contribution >= 4 is 11.8 Å². The number of Topliss-reactive ketones (excluding diaryl/α,β-unsaturated/α-hetero) is 1. The molecule has 0 unspecified atom stereocenters. The molecule has 7 nitrogen and oxygen atoms in total. The van der Waals surface area contributed by atoms with Crippen molar-refractivity contribution in [3.63, 3.8) is 0 Å². The minimum absolute atomic E-state index is 0.0838. The molecular weight excluding hydrogens is 405 g/mol. The SMILES string of the molecule is COc1ccnc(C(=O)C[C@@H](C)C(=O)O[C@H](C(C)C)[C@H](C)Oc2cccc(F)c2)c1O. The van der Waals surface area contributed by atoms with Crippen LogP contribution in [-0.4, -0.2) is 41.2 Å². The van der Waals surface area contributed by atoms with Crippen LogP contribution in [-0.2, 0) is 9.53 Å². The van der Waals surface area contributed by atoms with E-state index in [2.05, 4.69) is 4.98 Å². The molecule has 1 aromatic carbocycles. The summed E-state index contributed by atoms with van der Waals surface area (Å²) in [5, 5.41) is 10.1. The number of esters is 1. The van der Waals surface area contributed by atoms with Crippen LogP contribution >= 0.6 is 0 Å². The zero-order valence-corrected chi connectivity index (χ0v) is 18.3. The number of nitrogens with zero attached hydrogens (tertiary/aromatic N) is 1. The predicted octanol–water partition coefficient (Wildman–Crippen LogP) is 4.18. The van der Waals surface area contributed by atoms with Crippen molar-refractivity contribution < 1.29 is 33.3 Å². The van der Waals surface area contributed by atoms with E-state index in [1.807, 2.05) is 13.8 Å². The van der Waals surface area contributed by atoms with Crippen LogP contribution in [0.25, 0.3) is 0 Å². The fourth-order valence-electron chi connectivity index (χ4n) is 3.11. The lowest BCUT2D eigenvalue weighted by molar-refractivity contribution is -0.161. The largest absolute Gasteiger partial charge is 0.503 e. The Morgan fingerprint density at radius 1 is 1.16 bits per heavy atom. The highest BCUT2D eigenvalue weighted by atomic mass is 19.1. The Bertz CT molecular complexity index is 917. The molecule has 3 atom stereocenters. The van der Waals surface area contributed by atoms with E-state index in [-0.39, 0.29) is 29.5 Å². The maximum atomic E-state index is 13.4. The third-order valence-electron chi connectivity index (χ3n) is 4.76. The van der Waals surface area contributed by atoms with Crippen molar-refractivity contribution in [1.29, 1.82) is 0 Å². The fraction of sp³-hybridized carbons (Fsp3) is 0.435. The molecule has 168 valence electrons. The molecule has 0 amide bonds. The molecule has 1 heterocycles. The van der Waals surface area contributed by atoms with Crippen LogP contribution in [0, 0.1) is 17.7 Å². The van der Waals surface area contributed by atoms with Gasteiger partial charge in [0.1, 0.15) is 23.8 Å². The molecular formula is C23H28FNO6. The number of carbonyl (C=O) groups excluding carboxylic acids is 2. The molecule has 0 aliphatic rings. The number of carbonyl (C=O) groups is 2. The third kappa shape index (κ3) is 6.41. The van der Waals surface area contributed by atoms with Gasteiger partial charge >= 0.3 is 5.97 Å². The molecule has 0 aliphatic heterocycles. The van der Waals surface area contributed by atoms with Gasteiger partial charge in [-0.3, -0.25) is 9.59 Å². The smallest absolute Gasteiger partial charge is 0.309 e. The Labute approximate surface area is 181 Å². The molecule has 0 aliphatic carbocycles. The lowest BCUT2D eigenvalue weighted by Gasteiger charge is -2.29. The normalized spacial score (nSPS) is 13.9. The maximum Gasteiger partial charge on any atom is 0.309 e. The third-order valence-corrected chi connectivity index (χ3v) is 4.76. The van der Waals surface area contributed by atoms with Crippen LogP contribution in [0.1, 0.15) is 44.6 Å². The monoisotopic (exact) mass is 433 g/mol. The minimum Gasteiger partial charge on any atom is -0.503 e. The van der Waals surface area contributed by atoms with Crippen LogP contribution in [0.5, 0.6) is 17.2 Å². The molecule has 0 saturated heterocycles. The highest BCUT2D eigenvalue weighted by Gasteiger charge is 2.30. The molecule has 8 heteroatoms. The quantitative estimate of drug-likeness (QED) is 0.444. The van der Waals surface area contributed by atoms with E-state index < -0.39 is 35.7 Å². The zero-order valence-electron chi connectivity index (χ0n) is 18.3. The lowest BCUT2D eigenvalue weighted by Crippen LogP contribution is -2.39. The summed E-state index contributed by atoms with van der Waals surface area (Å²) in [6.07, 6.45) is -0.0136. The van der Waals surface area contributed by atoms with E-state index in [0.717, 1.165) is 0 Å². The Balaban J connectivity index is 2.04. The summed E-state index contributed by atoms with van der Waals surface area (Å²) >= 11 is 0. The number of rotatable bonds is 10. The summed E-state index contributed by atoms with van der Waals surface area (Å²) in [5.74, 6) is -2.29. The number of halogens is 1. The van der Waals surface area contributed by atoms with Crippen LogP contribution in [0.2, 0.25) is 0 Å². The van der Waals surface area contributed by atoms with Gasteiger partial charge in [0.15, 0.2) is 23.0 Å². The van der Waals surface area contributed by atoms with E-state index in [4.69, 9.17) is 14.2 Å². The molecule has 2 rings (SSSR count). The molecule has 0 bridgehead atoms. The second-order valence-corrected chi connectivity index (χ2v) is 7.66. The summed E-state index contributed by atoms with van der Waals surface area (Å²) in [6.45, 7) is 7.04. The van der Waals surface area contributed by atoms with Gasteiger partial charge in [-0.25, -0.2) is 9.37 Å². The van der Waals surface area contributed by atoms with Crippen LogP contribution in [0.3, 0.4) is 0 Å². The van der Waals surface area contributed by atoms with Crippen LogP contribution in [0.15, 0.2) is 36.5 Å². The van der Waals surface area contributed by atoms with Crippen molar-refractivity contribution in [2.75, 3.05) is 7.11 Å². The molecule has 31 heavy (non-hydrogen) atoms. The highest BCUT2D eigenvalue weighted by molar-refractivity contribution is 5.99. The van der Waals surface area contributed by atoms with Gasteiger partial charge in [-0.1, -0.05) is 26.8 Å². The number of pyridine rings is 1. The zero-order chi connectivity index (χ0) is 23.1.